The van der Waals surface area contributed by atoms with Crippen molar-refractivity contribution in [1.29, 1.82) is 0 Å². The molecule has 2 bridgehead atoms. The second-order valence-corrected chi connectivity index (χ2v) is 9.79. The molecule has 2 aromatic heterocycles. The first-order valence-electron chi connectivity index (χ1n) is 10.4. The van der Waals surface area contributed by atoms with E-state index in [0.717, 1.165) is 11.7 Å². The monoisotopic (exact) mass is 424 g/mol. The Labute approximate surface area is 181 Å². The first-order valence-corrected chi connectivity index (χ1v) is 12.3. The molecule has 5 heterocycles. The Morgan fingerprint density at radius 3 is 2.24 bits per heavy atom. The van der Waals surface area contributed by atoms with Crippen molar-refractivity contribution in [3.05, 3.63) is 69.0 Å². The number of benzene rings is 1. The van der Waals surface area contributed by atoms with Gasteiger partial charge < -0.3 is 9.64 Å². The second kappa shape index (κ2) is 8.13. The van der Waals surface area contributed by atoms with Crippen LogP contribution in [0.25, 0.3) is 0 Å². The van der Waals surface area contributed by atoms with E-state index in [4.69, 9.17) is 4.74 Å². The highest BCUT2D eigenvalue weighted by atomic mass is 32.1. The number of nitrogens with zero attached hydrogens (tertiary/aromatic N) is 2. The number of anilines is 1. The van der Waals surface area contributed by atoms with Gasteiger partial charge in [-0.15, -0.1) is 0 Å². The van der Waals surface area contributed by atoms with Gasteiger partial charge in [-0.05, 0) is 88.8 Å². The Bertz CT molecular complexity index is 882. The number of likely N-dealkylation sites (N-methyl/N-ethyl adjacent to an activating group) is 1. The number of ether oxygens (including phenoxy) is 1. The maximum atomic E-state index is 5.73. The van der Waals surface area contributed by atoms with Crippen molar-refractivity contribution in [2.24, 2.45) is 5.92 Å². The predicted molar refractivity (Wildman–Crippen MR) is 124 cm³/mol. The molecule has 3 saturated heterocycles. The molecule has 0 N–H and O–H groups in total. The number of methoxy groups -OCH3 is 1. The third-order valence-electron chi connectivity index (χ3n) is 6.89. The van der Waals surface area contributed by atoms with E-state index >= 15 is 0 Å². The summed E-state index contributed by atoms with van der Waals surface area (Å²) in [6, 6.07) is 14.1. The van der Waals surface area contributed by atoms with Crippen molar-refractivity contribution in [3.8, 4) is 5.75 Å². The third kappa shape index (κ3) is 3.39. The molecule has 3 aliphatic rings. The van der Waals surface area contributed by atoms with Gasteiger partial charge in [0.25, 0.3) is 0 Å². The summed E-state index contributed by atoms with van der Waals surface area (Å²) in [6.45, 7) is 2.44. The molecule has 0 amide bonds. The first-order chi connectivity index (χ1) is 14.3. The summed E-state index contributed by atoms with van der Waals surface area (Å²) in [6.07, 6.45) is 2.58. The topological polar surface area (TPSA) is 15.7 Å². The van der Waals surface area contributed by atoms with Gasteiger partial charge in [-0.2, -0.15) is 22.7 Å². The largest absolute Gasteiger partial charge is 0.495 e. The van der Waals surface area contributed by atoms with Gasteiger partial charge in [0, 0.05) is 25.0 Å². The molecule has 0 radical (unpaired) electrons. The Balaban J connectivity index is 1.59. The maximum absolute atomic E-state index is 5.73. The number of thiophene rings is 2. The van der Waals surface area contributed by atoms with Crippen LogP contribution in [-0.2, 0) is 0 Å². The molecule has 29 heavy (non-hydrogen) atoms. The lowest BCUT2D eigenvalue weighted by Gasteiger charge is -2.56. The first kappa shape index (κ1) is 19.2. The number of rotatable bonds is 6. The zero-order chi connectivity index (χ0) is 19.8. The summed E-state index contributed by atoms with van der Waals surface area (Å²) in [4.78, 5) is 5.28. The Hall–Kier alpha value is -1.82. The zero-order valence-corrected chi connectivity index (χ0v) is 18.7. The van der Waals surface area contributed by atoms with Crippen LogP contribution < -0.4 is 9.64 Å². The van der Waals surface area contributed by atoms with E-state index in [0.29, 0.717) is 18.0 Å². The fraction of sp³-hybridized carbons (Fsp3) is 0.417. The molecule has 0 unspecified atom stereocenters. The van der Waals surface area contributed by atoms with Gasteiger partial charge in [-0.3, -0.25) is 4.90 Å². The van der Waals surface area contributed by atoms with Crippen LogP contribution in [0.5, 0.6) is 5.75 Å². The summed E-state index contributed by atoms with van der Waals surface area (Å²) < 4.78 is 5.73. The van der Waals surface area contributed by atoms with Crippen molar-refractivity contribution in [3.63, 3.8) is 0 Å². The van der Waals surface area contributed by atoms with Crippen LogP contribution in [0.4, 0.5) is 5.69 Å². The SMILES string of the molecule is COc1ccccc1N(C)[C@@H]1C2CCN(CC2)[C@@H]1C(c1ccsc1)c1ccsc1. The van der Waals surface area contributed by atoms with Crippen LogP contribution in [0.2, 0.25) is 0 Å². The second-order valence-electron chi connectivity index (χ2n) is 8.23. The summed E-state index contributed by atoms with van der Waals surface area (Å²) in [5.41, 5.74) is 4.13. The molecule has 3 aromatic rings. The Morgan fingerprint density at radius 1 is 1.00 bits per heavy atom. The number of hydrogen-bond acceptors (Lipinski definition) is 5. The van der Waals surface area contributed by atoms with Crippen molar-refractivity contribution >= 4 is 28.4 Å². The quantitative estimate of drug-likeness (QED) is 0.516. The van der Waals surface area contributed by atoms with E-state index in [-0.39, 0.29) is 0 Å². The standard InChI is InChI=1S/C24H28N2OS2/c1-25(20-5-3-4-6-21(20)27-2)23-17-7-11-26(12-8-17)24(23)22(18-9-13-28-15-18)19-10-14-29-16-19/h3-6,9-10,13-17,22-24H,7-8,11-12H2,1-2H3/t23-,24-/m1/s1. The average molecular weight is 425 g/mol. The summed E-state index contributed by atoms with van der Waals surface area (Å²) in [7, 11) is 4.05. The van der Waals surface area contributed by atoms with Crippen LogP contribution in [0.3, 0.4) is 0 Å². The molecule has 1 aromatic carbocycles. The number of para-hydroxylation sites is 2. The van der Waals surface area contributed by atoms with Crippen LogP contribution in [0.15, 0.2) is 57.9 Å². The molecular formula is C24H28N2OS2. The van der Waals surface area contributed by atoms with E-state index in [1.54, 1.807) is 7.11 Å². The molecule has 0 aliphatic carbocycles. The molecule has 3 fully saturated rings. The van der Waals surface area contributed by atoms with Crippen LogP contribution >= 0.6 is 22.7 Å². The van der Waals surface area contributed by atoms with Gasteiger partial charge in [0.2, 0.25) is 0 Å². The highest BCUT2D eigenvalue weighted by Gasteiger charge is 2.48. The molecular weight excluding hydrogens is 396 g/mol. The minimum absolute atomic E-state index is 0.415. The Morgan fingerprint density at radius 2 is 1.66 bits per heavy atom. The zero-order valence-electron chi connectivity index (χ0n) is 17.0. The molecule has 3 aliphatic heterocycles. The molecule has 3 nitrogen and oxygen atoms in total. The fourth-order valence-electron chi connectivity index (χ4n) is 5.58. The molecule has 0 spiro atoms. The lowest BCUT2D eigenvalue weighted by atomic mass is 9.70. The van der Waals surface area contributed by atoms with Gasteiger partial charge in [-0.1, -0.05) is 12.1 Å². The number of piperidine rings is 3. The maximum Gasteiger partial charge on any atom is 0.142 e. The Kier molecular flexibility index (Phi) is 5.37. The summed E-state index contributed by atoms with van der Waals surface area (Å²) in [5.74, 6) is 2.10. The van der Waals surface area contributed by atoms with E-state index in [9.17, 15) is 0 Å². The smallest absolute Gasteiger partial charge is 0.142 e. The van der Waals surface area contributed by atoms with E-state index in [1.807, 2.05) is 22.7 Å². The van der Waals surface area contributed by atoms with Crippen molar-refractivity contribution in [2.75, 3.05) is 32.1 Å². The molecule has 5 heteroatoms. The molecule has 0 saturated carbocycles. The lowest BCUT2D eigenvalue weighted by Crippen LogP contribution is -2.65. The lowest BCUT2D eigenvalue weighted by molar-refractivity contribution is 0.0186. The van der Waals surface area contributed by atoms with Gasteiger partial charge in [-0.25, -0.2) is 0 Å². The average Bonchev–Trinajstić information content (AvgIpc) is 3.49. The van der Waals surface area contributed by atoms with Crippen LogP contribution in [0, 0.1) is 5.92 Å². The molecule has 2 atom stereocenters. The minimum atomic E-state index is 0.415. The summed E-state index contributed by atoms with van der Waals surface area (Å²) in [5, 5.41) is 9.16. The van der Waals surface area contributed by atoms with E-state index in [2.05, 4.69) is 74.8 Å². The van der Waals surface area contributed by atoms with E-state index < -0.39 is 0 Å². The summed E-state index contributed by atoms with van der Waals surface area (Å²) >= 11 is 3.63. The minimum Gasteiger partial charge on any atom is -0.495 e. The highest BCUT2D eigenvalue weighted by Crippen LogP contribution is 2.46. The third-order valence-corrected chi connectivity index (χ3v) is 8.29. The highest BCUT2D eigenvalue weighted by molar-refractivity contribution is 7.08. The van der Waals surface area contributed by atoms with Gasteiger partial charge >= 0.3 is 0 Å². The fourth-order valence-corrected chi connectivity index (χ4v) is 6.97. The normalized spacial score (nSPS) is 26.0. The van der Waals surface area contributed by atoms with Crippen molar-refractivity contribution in [1.82, 2.24) is 4.90 Å². The van der Waals surface area contributed by atoms with Gasteiger partial charge in [0.15, 0.2) is 0 Å². The predicted octanol–water partition coefficient (Wildman–Crippen LogP) is 5.55. The van der Waals surface area contributed by atoms with Crippen molar-refractivity contribution in [2.45, 2.75) is 30.8 Å². The van der Waals surface area contributed by atoms with Crippen molar-refractivity contribution < 1.29 is 4.74 Å². The van der Waals surface area contributed by atoms with Gasteiger partial charge in [0.05, 0.1) is 12.8 Å². The molecule has 152 valence electrons. The van der Waals surface area contributed by atoms with Crippen LogP contribution in [-0.4, -0.2) is 44.2 Å². The van der Waals surface area contributed by atoms with Gasteiger partial charge in [0.1, 0.15) is 5.75 Å². The van der Waals surface area contributed by atoms with Crippen LogP contribution in [0.1, 0.15) is 29.9 Å². The number of hydrogen-bond donors (Lipinski definition) is 0. The van der Waals surface area contributed by atoms with E-state index in [1.165, 1.54) is 42.7 Å². The molecule has 6 rings (SSSR count). The number of fused-ring (bicyclic) bond motifs is 3.